The van der Waals surface area contributed by atoms with Crippen LogP contribution in [0.1, 0.15) is 17.2 Å². The predicted molar refractivity (Wildman–Crippen MR) is 76.6 cm³/mol. The van der Waals surface area contributed by atoms with Gasteiger partial charge in [-0.1, -0.05) is 57.3 Å². The lowest BCUT2D eigenvalue weighted by Crippen LogP contribution is -2.14. The van der Waals surface area contributed by atoms with Crippen molar-refractivity contribution in [2.75, 3.05) is 0 Å². The van der Waals surface area contributed by atoms with E-state index in [9.17, 15) is 4.39 Å². The molecule has 0 fully saturated rings. The van der Waals surface area contributed by atoms with E-state index in [-0.39, 0.29) is 5.02 Å². The fourth-order valence-electron chi connectivity index (χ4n) is 1.72. The third-order valence-corrected chi connectivity index (χ3v) is 4.05. The molecule has 1 nitrogen and oxygen atoms in total. The molecular formula is C13H9BrCl2FN. The van der Waals surface area contributed by atoms with Gasteiger partial charge in [0, 0.05) is 15.1 Å². The van der Waals surface area contributed by atoms with Crippen LogP contribution in [-0.4, -0.2) is 0 Å². The number of hydrogen-bond acceptors (Lipinski definition) is 1. The molecule has 5 heteroatoms. The monoisotopic (exact) mass is 347 g/mol. The molecule has 94 valence electrons. The minimum absolute atomic E-state index is 0.0248. The van der Waals surface area contributed by atoms with E-state index in [0.29, 0.717) is 16.1 Å². The minimum Gasteiger partial charge on any atom is -0.320 e. The highest BCUT2D eigenvalue weighted by atomic mass is 79.9. The Morgan fingerprint density at radius 1 is 1.11 bits per heavy atom. The molecule has 0 saturated heterocycles. The zero-order valence-corrected chi connectivity index (χ0v) is 12.2. The van der Waals surface area contributed by atoms with Crippen LogP contribution in [-0.2, 0) is 0 Å². The van der Waals surface area contributed by atoms with E-state index in [4.69, 9.17) is 28.9 Å². The Bertz CT molecular complexity index is 569. The van der Waals surface area contributed by atoms with Gasteiger partial charge in [0.05, 0.1) is 11.1 Å². The van der Waals surface area contributed by atoms with Gasteiger partial charge in [0.2, 0.25) is 0 Å². The summed E-state index contributed by atoms with van der Waals surface area (Å²) in [5.74, 6) is -0.493. The van der Waals surface area contributed by atoms with Gasteiger partial charge in [0.25, 0.3) is 0 Å². The molecule has 0 radical (unpaired) electrons. The van der Waals surface area contributed by atoms with Gasteiger partial charge in [-0.25, -0.2) is 4.39 Å². The third-order valence-electron chi connectivity index (χ3n) is 2.63. The van der Waals surface area contributed by atoms with Gasteiger partial charge in [-0.15, -0.1) is 0 Å². The molecule has 0 saturated carbocycles. The van der Waals surface area contributed by atoms with Crippen molar-refractivity contribution in [2.24, 2.45) is 5.73 Å². The van der Waals surface area contributed by atoms with Crippen molar-refractivity contribution in [3.8, 4) is 0 Å². The molecule has 0 aliphatic rings. The molecule has 2 rings (SSSR count). The SMILES string of the molecule is NC(c1cccc(F)c1Cl)c1c(Cl)cccc1Br. The molecule has 0 spiro atoms. The molecule has 0 bridgehead atoms. The van der Waals surface area contributed by atoms with Crippen molar-refractivity contribution in [3.05, 3.63) is 67.9 Å². The minimum atomic E-state index is -0.587. The standard InChI is InChI=1S/C13H9BrCl2FN/c14-8-4-2-5-9(15)11(8)13(18)7-3-1-6-10(17)12(7)16/h1-6,13H,18H2. The largest absolute Gasteiger partial charge is 0.320 e. The van der Waals surface area contributed by atoms with Crippen molar-refractivity contribution in [1.82, 2.24) is 0 Å². The van der Waals surface area contributed by atoms with Gasteiger partial charge >= 0.3 is 0 Å². The van der Waals surface area contributed by atoms with Crippen molar-refractivity contribution < 1.29 is 4.39 Å². The highest BCUT2D eigenvalue weighted by molar-refractivity contribution is 9.10. The van der Waals surface area contributed by atoms with Crippen LogP contribution >= 0.6 is 39.1 Å². The van der Waals surface area contributed by atoms with Crippen molar-refractivity contribution >= 4 is 39.1 Å². The summed E-state index contributed by atoms with van der Waals surface area (Å²) in [6.07, 6.45) is 0. The molecule has 0 aliphatic heterocycles. The van der Waals surface area contributed by atoms with Crippen LogP contribution < -0.4 is 5.73 Å². The van der Waals surface area contributed by atoms with E-state index in [1.165, 1.54) is 6.07 Å². The zero-order valence-electron chi connectivity index (χ0n) is 9.13. The Kier molecular flexibility index (Phi) is 4.28. The molecule has 2 aromatic carbocycles. The van der Waals surface area contributed by atoms with Crippen LogP contribution in [0.5, 0.6) is 0 Å². The van der Waals surface area contributed by atoms with Crippen LogP contribution in [0, 0.1) is 5.82 Å². The second-order valence-corrected chi connectivity index (χ2v) is 5.40. The molecule has 0 aromatic heterocycles. The predicted octanol–water partition coefficient (Wildman–Crippen LogP) is 4.94. The van der Waals surface area contributed by atoms with E-state index in [2.05, 4.69) is 15.9 Å². The first-order chi connectivity index (χ1) is 8.52. The molecule has 0 aliphatic carbocycles. The van der Waals surface area contributed by atoms with Gasteiger partial charge < -0.3 is 5.73 Å². The van der Waals surface area contributed by atoms with Gasteiger partial charge in [-0.2, -0.15) is 0 Å². The lowest BCUT2D eigenvalue weighted by molar-refractivity contribution is 0.624. The summed E-state index contributed by atoms with van der Waals surface area (Å²) in [5.41, 5.74) is 7.31. The maximum absolute atomic E-state index is 13.4. The summed E-state index contributed by atoms with van der Waals surface area (Å²) in [7, 11) is 0. The van der Waals surface area contributed by atoms with Gasteiger partial charge in [0.15, 0.2) is 0 Å². The van der Waals surface area contributed by atoms with Crippen LogP contribution in [0.15, 0.2) is 40.9 Å². The Hall–Kier alpha value is -0.610. The van der Waals surface area contributed by atoms with Crippen LogP contribution in [0.3, 0.4) is 0 Å². The van der Waals surface area contributed by atoms with Crippen molar-refractivity contribution in [1.29, 1.82) is 0 Å². The zero-order chi connectivity index (χ0) is 13.3. The fourth-order valence-corrected chi connectivity index (χ4v) is 2.99. The fraction of sp³-hybridized carbons (Fsp3) is 0.0769. The lowest BCUT2D eigenvalue weighted by Gasteiger charge is -2.17. The Morgan fingerprint density at radius 2 is 1.78 bits per heavy atom. The molecule has 1 atom stereocenters. The van der Waals surface area contributed by atoms with Crippen LogP contribution in [0.2, 0.25) is 10.0 Å². The first-order valence-corrected chi connectivity index (χ1v) is 6.70. The van der Waals surface area contributed by atoms with Crippen molar-refractivity contribution in [3.63, 3.8) is 0 Å². The first kappa shape index (κ1) is 13.8. The molecular weight excluding hydrogens is 340 g/mol. The maximum Gasteiger partial charge on any atom is 0.142 e. The maximum atomic E-state index is 13.4. The van der Waals surface area contributed by atoms with Gasteiger partial charge in [-0.3, -0.25) is 0 Å². The Labute approximate surface area is 123 Å². The average molecular weight is 349 g/mol. The summed E-state index contributed by atoms with van der Waals surface area (Å²) >= 11 is 15.4. The normalized spacial score (nSPS) is 12.5. The molecule has 1 unspecified atom stereocenters. The smallest absolute Gasteiger partial charge is 0.142 e. The van der Waals surface area contributed by atoms with E-state index < -0.39 is 11.9 Å². The number of rotatable bonds is 2. The van der Waals surface area contributed by atoms with Gasteiger partial charge in [0.1, 0.15) is 5.82 Å². The number of halogens is 4. The molecule has 2 N–H and O–H groups in total. The van der Waals surface area contributed by atoms with E-state index in [1.807, 2.05) is 6.07 Å². The second kappa shape index (κ2) is 5.57. The van der Waals surface area contributed by atoms with Crippen LogP contribution in [0.4, 0.5) is 4.39 Å². The van der Waals surface area contributed by atoms with E-state index in [1.54, 1.807) is 24.3 Å². The molecule has 18 heavy (non-hydrogen) atoms. The number of benzene rings is 2. The van der Waals surface area contributed by atoms with Gasteiger partial charge in [-0.05, 0) is 23.8 Å². The Morgan fingerprint density at radius 3 is 2.44 bits per heavy atom. The van der Waals surface area contributed by atoms with Crippen LogP contribution in [0.25, 0.3) is 0 Å². The topological polar surface area (TPSA) is 26.0 Å². The first-order valence-electron chi connectivity index (χ1n) is 5.15. The summed E-state index contributed by atoms with van der Waals surface area (Å²) in [5, 5.41) is 0.536. The second-order valence-electron chi connectivity index (χ2n) is 3.76. The highest BCUT2D eigenvalue weighted by Gasteiger charge is 2.19. The summed E-state index contributed by atoms with van der Waals surface area (Å²) in [6, 6.07) is 9.32. The number of nitrogens with two attached hydrogens (primary N) is 1. The molecule has 0 amide bonds. The lowest BCUT2D eigenvalue weighted by atomic mass is 9.99. The summed E-state index contributed by atoms with van der Waals surface area (Å²) in [4.78, 5) is 0. The van der Waals surface area contributed by atoms with Crippen molar-refractivity contribution in [2.45, 2.75) is 6.04 Å². The highest BCUT2D eigenvalue weighted by Crippen LogP contribution is 2.35. The average Bonchev–Trinajstić information content (AvgIpc) is 2.32. The molecule has 0 heterocycles. The third kappa shape index (κ3) is 2.54. The Balaban J connectivity index is 2.55. The summed E-state index contributed by atoms with van der Waals surface area (Å²) in [6.45, 7) is 0. The van der Waals surface area contributed by atoms with E-state index in [0.717, 1.165) is 4.47 Å². The quantitative estimate of drug-likeness (QED) is 0.816. The molecule has 2 aromatic rings. The number of hydrogen-bond donors (Lipinski definition) is 1. The van der Waals surface area contributed by atoms with E-state index >= 15 is 0 Å². The summed E-state index contributed by atoms with van der Waals surface area (Å²) < 4.78 is 14.2.